The number of hydrogen-bond donors (Lipinski definition) is 1. The smallest absolute Gasteiger partial charge is 0.353 e. The molecule has 0 radical (unpaired) electrons. The van der Waals surface area contributed by atoms with Crippen molar-refractivity contribution in [1.29, 1.82) is 0 Å². The highest BCUT2D eigenvalue weighted by molar-refractivity contribution is 7.11. The van der Waals surface area contributed by atoms with E-state index in [0.717, 1.165) is 33.8 Å². The van der Waals surface area contributed by atoms with Crippen molar-refractivity contribution in [3.05, 3.63) is 129 Å². The second-order valence-electron chi connectivity index (χ2n) is 9.62. The van der Waals surface area contributed by atoms with E-state index >= 15 is 0 Å². The molecule has 0 saturated heterocycles. The first-order valence-corrected chi connectivity index (χ1v) is 13.3. The number of nitrogens with one attached hydrogen (secondary N) is 1. The van der Waals surface area contributed by atoms with E-state index in [-0.39, 0.29) is 5.91 Å². The third-order valence-corrected chi connectivity index (χ3v) is 8.19. The minimum Gasteiger partial charge on any atom is -0.424 e. The van der Waals surface area contributed by atoms with Crippen molar-refractivity contribution >= 4 is 34.1 Å². The fourth-order valence-corrected chi connectivity index (χ4v) is 6.25. The Labute approximate surface area is 226 Å². The molecular formula is C31H20F2N2O3S. The lowest BCUT2D eigenvalue weighted by Gasteiger charge is -2.38. The van der Waals surface area contributed by atoms with Crippen LogP contribution in [0.1, 0.15) is 32.5 Å². The Morgan fingerprint density at radius 2 is 1.72 bits per heavy atom. The molecule has 39 heavy (non-hydrogen) atoms. The van der Waals surface area contributed by atoms with E-state index in [1.807, 2.05) is 36.4 Å². The van der Waals surface area contributed by atoms with Gasteiger partial charge >= 0.3 is 5.97 Å². The number of esters is 1. The zero-order valence-electron chi connectivity index (χ0n) is 20.4. The van der Waals surface area contributed by atoms with Gasteiger partial charge in [-0.3, -0.25) is 4.79 Å². The average molecular weight is 539 g/mol. The Morgan fingerprint density at radius 3 is 2.46 bits per heavy atom. The highest BCUT2D eigenvalue weighted by atomic mass is 32.1. The lowest BCUT2D eigenvalue weighted by molar-refractivity contribution is -0.128. The zero-order valence-corrected chi connectivity index (χ0v) is 21.2. The first-order valence-electron chi connectivity index (χ1n) is 12.4. The number of halogens is 2. The SMILES string of the molecule is O=C(OC1=CC(=O)N2[C@H](c3ccc(-c4cc(F)cc(F)c4)cc3)c3[nH]c4ccccc4c3C[C@@H]12)c1cccs1. The van der Waals surface area contributed by atoms with Gasteiger partial charge in [0.2, 0.25) is 0 Å². The molecule has 0 fully saturated rings. The van der Waals surface area contributed by atoms with Gasteiger partial charge in [0.1, 0.15) is 22.3 Å². The topological polar surface area (TPSA) is 62.4 Å². The molecule has 2 atom stereocenters. The van der Waals surface area contributed by atoms with Crippen LogP contribution in [-0.4, -0.2) is 27.8 Å². The van der Waals surface area contributed by atoms with Gasteiger partial charge < -0.3 is 14.6 Å². The monoisotopic (exact) mass is 538 g/mol. The number of nitrogens with zero attached hydrogens (tertiary/aromatic N) is 1. The van der Waals surface area contributed by atoms with E-state index in [0.29, 0.717) is 28.2 Å². The van der Waals surface area contributed by atoms with Gasteiger partial charge in [-0.05, 0) is 51.9 Å². The van der Waals surface area contributed by atoms with Crippen molar-refractivity contribution in [3.63, 3.8) is 0 Å². The van der Waals surface area contributed by atoms with Gasteiger partial charge in [0.15, 0.2) is 0 Å². The number of H-pyrrole nitrogens is 1. The molecule has 5 nitrogen and oxygen atoms in total. The summed E-state index contributed by atoms with van der Waals surface area (Å²) in [5, 5.41) is 2.85. The molecule has 4 heterocycles. The van der Waals surface area contributed by atoms with Crippen LogP contribution in [0, 0.1) is 11.6 Å². The Morgan fingerprint density at radius 1 is 0.949 bits per heavy atom. The quantitative estimate of drug-likeness (QED) is 0.257. The van der Waals surface area contributed by atoms with Crippen LogP contribution in [-0.2, 0) is 16.0 Å². The molecule has 0 aliphatic carbocycles. The summed E-state index contributed by atoms with van der Waals surface area (Å²) in [4.78, 5) is 31.9. The van der Waals surface area contributed by atoms with Gasteiger partial charge in [0.25, 0.3) is 5.91 Å². The summed E-state index contributed by atoms with van der Waals surface area (Å²) in [6.07, 6.45) is 1.90. The van der Waals surface area contributed by atoms with Gasteiger partial charge in [0.05, 0.1) is 12.1 Å². The molecule has 5 aromatic rings. The number of ether oxygens (including phenoxy) is 1. The second kappa shape index (κ2) is 9.03. The molecule has 192 valence electrons. The first-order chi connectivity index (χ1) is 19.0. The van der Waals surface area contributed by atoms with Gasteiger partial charge in [0, 0.05) is 35.2 Å². The predicted octanol–water partition coefficient (Wildman–Crippen LogP) is 6.77. The Bertz CT molecular complexity index is 1770. The van der Waals surface area contributed by atoms with Crippen LogP contribution in [0.25, 0.3) is 22.0 Å². The molecule has 0 bridgehead atoms. The van der Waals surface area contributed by atoms with Crippen LogP contribution in [0.5, 0.6) is 0 Å². The number of benzene rings is 3. The van der Waals surface area contributed by atoms with Crippen LogP contribution in [0.2, 0.25) is 0 Å². The predicted molar refractivity (Wildman–Crippen MR) is 144 cm³/mol. The number of carbonyl (C=O) groups is 2. The Hall–Kier alpha value is -4.56. The Kier molecular flexibility index (Phi) is 5.45. The van der Waals surface area contributed by atoms with Crippen molar-refractivity contribution in [1.82, 2.24) is 9.88 Å². The number of rotatable bonds is 4. The van der Waals surface area contributed by atoms with E-state index in [1.165, 1.54) is 29.5 Å². The first kappa shape index (κ1) is 23.5. The minimum atomic E-state index is -0.648. The number of aromatic amines is 1. The zero-order chi connectivity index (χ0) is 26.7. The van der Waals surface area contributed by atoms with Crippen LogP contribution in [0.15, 0.2) is 96.1 Å². The lowest BCUT2D eigenvalue weighted by Crippen LogP contribution is -2.44. The Balaban J connectivity index is 1.31. The molecule has 8 heteroatoms. The van der Waals surface area contributed by atoms with E-state index in [1.54, 1.807) is 34.5 Å². The van der Waals surface area contributed by atoms with E-state index in [4.69, 9.17) is 4.74 Å². The number of aromatic nitrogens is 1. The van der Waals surface area contributed by atoms with Crippen molar-refractivity contribution in [2.24, 2.45) is 0 Å². The highest BCUT2D eigenvalue weighted by Gasteiger charge is 2.46. The van der Waals surface area contributed by atoms with Gasteiger partial charge in [-0.25, -0.2) is 13.6 Å². The molecule has 1 amide bonds. The van der Waals surface area contributed by atoms with Crippen LogP contribution >= 0.6 is 11.3 Å². The third-order valence-electron chi connectivity index (χ3n) is 7.34. The number of amides is 1. The van der Waals surface area contributed by atoms with Crippen molar-refractivity contribution in [2.75, 3.05) is 0 Å². The molecule has 2 aromatic heterocycles. The molecule has 1 N–H and O–H groups in total. The van der Waals surface area contributed by atoms with Gasteiger partial charge in [-0.1, -0.05) is 48.5 Å². The maximum absolute atomic E-state index is 13.8. The molecule has 2 aliphatic rings. The summed E-state index contributed by atoms with van der Waals surface area (Å²) in [7, 11) is 0. The average Bonchev–Trinajstić information content (AvgIpc) is 3.66. The maximum atomic E-state index is 13.8. The standard InChI is InChI=1S/C31H20F2N2O3S/c32-20-12-19(13-21(33)14-20)17-7-9-18(10-8-17)30-29-23(22-4-1-2-5-24(22)34-29)15-25-26(16-28(36)35(25)30)38-31(37)27-6-3-11-39-27/h1-14,16,25,30,34H,15H2/t25-,30+/m0/s1. The third kappa shape index (κ3) is 3.95. The molecular weight excluding hydrogens is 518 g/mol. The molecule has 3 aromatic carbocycles. The normalized spacial score (nSPS) is 18.2. The minimum absolute atomic E-state index is 0.250. The maximum Gasteiger partial charge on any atom is 0.353 e. The molecule has 0 saturated carbocycles. The summed E-state index contributed by atoms with van der Waals surface area (Å²) in [6.45, 7) is 0. The lowest BCUT2D eigenvalue weighted by atomic mass is 9.88. The summed E-state index contributed by atoms with van der Waals surface area (Å²) in [5.41, 5.74) is 4.80. The summed E-state index contributed by atoms with van der Waals surface area (Å²) in [6, 6.07) is 21.2. The van der Waals surface area contributed by atoms with Crippen LogP contribution in [0.4, 0.5) is 8.78 Å². The summed E-state index contributed by atoms with van der Waals surface area (Å²) in [5.74, 6) is -1.71. The summed E-state index contributed by atoms with van der Waals surface area (Å²) >= 11 is 1.28. The number of thiophene rings is 1. The largest absolute Gasteiger partial charge is 0.424 e. The van der Waals surface area contributed by atoms with E-state index in [2.05, 4.69) is 4.98 Å². The van der Waals surface area contributed by atoms with Crippen molar-refractivity contribution in [3.8, 4) is 11.1 Å². The van der Waals surface area contributed by atoms with Crippen molar-refractivity contribution in [2.45, 2.75) is 18.5 Å². The summed E-state index contributed by atoms with van der Waals surface area (Å²) < 4.78 is 33.4. The second-order valence-corrected chi connectivity index (χ2v) is 10.6. The van der Waals surface area contributed by atoms with Gasteiger partial charge in [-0.2, -0.15) is 0 Å². The molecule has 2 aliphatic heterocycles. The van der Waals surface area contributed by atoms with E-state index in [9.17, 15) is 18.4 Å². The van der Waals surface area contributed by atoms with Crippen LogP contribution in [0.3, 0.4) is 0 Å². The van der Waals surface area contributed by atoms with Crippen molar-refractivity contribution < 1.29 is 23.1 Å². The fourth-order valence-electron chi connectivity index (χ4n) is 5.65. The van der Waals surface area contributed by atoms with Crippen LogP contribution < -0.4 is 0 Å². The highest BCUT2D eigenvalue weighted by Crippen LogP contribution is 2.45. The molecule has 7 rings (SSSR count). The van der Waals surface area contributed by atoms with Gasteiger partial charge in [-0.15, -0.1) is 11.3 Å². The number of carbonyl (C=O) groups excluding carboxylic acids is 2. The molecule has 0 unspecified atom stereocenters. The number of fused-ring (bicyclic) bond motifs is 4. The fraction of sp³-hybridized carbons (Fsp3) is 0.0968. The number of para-hydroxylation sites is 1. The number of hydrogen-bond acceptors (Lipinski definition) is 4. The molecule has 0 spiro atoms. The van der Waals surface area contributed by atoms with E-state index < -0.39 is 29.7 Å².